The summed E-state index contributed by atoms with van der Waals surface area (Å²) in [6, 6.07) is 3.69. The molecule has 21 heavy (non-hydrogen) atoms. The highest BCUT2D eigenvalue weighted by Gasteiger charge is 2.18. The number of aromatic nitrogens is 3. The van der Waals surface area contributed by atoms with Crippen LogP contribution in [0.1, 0.15) is 30.8 Å². The van der Waals surface area contributed by atoms with Crippen LogP contribution >= 0.6 is 11.6 Å². The zero-order valence-corrected chi connectivity index (χ0v) is 13.5. The smallest absolute Gasteiger partial charge is 0.146 e. The molecule has 0 unspecified atom stereocenters. The maximum Gasteiger partial charge on any atom is 0.146 e. The number of nitrogens with zero attached hydrogens (tertiary/aromatic N) is 3. The molecule has 5 nitrogen and oxygen atoms in total. The lowest BCUT2D eigenvalue weighted by Gasteiger charge is -2.14. The second-order valence-electron chi connectivity index (χ2n) is 5.42. The molecule has 0 saturated carbocycles. The van der Waals surface area contributed by atoms with Crippen molar-refractivity contribution in [3.05, 3.63) is 34.1 Å². The molecule has 1 aromatic heterocycles. The number of aryl methyl sites for hydroxylation is 1. The molecule has 2 aromatic rings. The van der Waals surface area contributed by atoms with E-state index in [1.165, 1.54) is 0 Å². The van der Waals surface area contributed by atoms with Gasteiger partial charge in [-0.2, -0.15) is 0 Å². The van der Waals surface area contributed by atoms with Crippen LogP contribution in [0.3, 0.4) is 0 Å². The number of hydrogen-bond donors (Lipinski definition) is 1. The fraction of sp³-hybridized carbons (Fsp3) is 0.467. The summed E-state index contributed by atoms with van der Waals surface area (Å²) in [6.45, 7) is 6.03. The van der Waals surface area contributed by atoms with Crippen LogP contribution < -0.4 is 4.74 Å². The van der Waals surface area contributed by atoms with Gasteiger partial charge in [-0.1, -0.05) is 30.7 Å². The topological polar surface area (TPSA) is 60.2 Å². The van der Waals surface area contributed by atoms with E-state index in [1.54, 1.807) is 17.9 Å². The number of methoxy groups -OCH3 is 1. The van der Waals surface area contributed by atoms with Gasteiger partial charge in [0.15, 0.2) is 0 Å². The molecule has 0 amide bonds. The molecule has 0 aliphatic heterocycles. The highest BCUT2D eigenvalue weighted by atomic mass is 35.5. The van der Waals surface area contributed by atoms with E-state index in [9.17, 15) is 5.11 Å². The fourth-order valence-electron chi connectivity index (χ4n) is 2.22. The quantitative estimate of drug-likeness (QED) is 0.922. The third-order valence-electron chi connectivity index (χ3n) is 3.28. The van der Waals surface area contributed by atoms with Gasteiger partial charge >= 0.3 is 0 Å². The summed E-state index contributed by atoms with van der Waals surface area (Å²) in [5, 5.41) is 18.3. The Morgan fingerprint density at radius 2 is 2.10 bits per heavy atom. The van der Waals surface area contributed by atoms with Gasteiger partial charge in [-0.05, 0) is 30.9 Å². The summed E-state index contributed by atoms with van der Waals surface area (Å²) in [5.74, 6) is 1.05. The number of aliphatic hydroxyl groups is 1. The predicted molar refractivity (Wildman–Crippen MR) is 82.1 cm³/mol. The van der Waals surface area contributed by atoms with Crippen molar-refractivity contribution in [2.75, 3.05) is 7.11 Å². The maximum absolute atomic E-state index is 9.45. The van der Waals surface area contributed by atoms with Gasteiger partial charge in [0.1, 0.15) is 17.1 Å². The number of hydrogen-bond acceptors (Lipinski definition) is 4. The summed E-state index contributed by atoms with van der Waals surface area (Å²) in [6.07, 6.45) is 0.772. The fourth-order valence-corrected chi connectivity index (χ4v) is 2.37. The first-order chi connectivity index (χ1) is 9.97. The minimum absolute atomic E-state index is 0.128. The first-order valence-corrected chi connectivity index (χ1v) is 7.24. The lowest BCUT2D eigenvalue weighted by atomic mass is 10.1. The maximum atomic E-state index is 9.45. The zero-order chi connectivity index (χ0) is 15.6. The van der Waals surface area contributed by atoms with Crippen LogP contribution in [0.5, 0.6) is 5.75 Å². The van der Waals surface area contributed by atoms with Crippen molar-refractivity contribution in [1.29, 1.82) is 0 Å². The number of halogens is 1. The van der Waals surface area contributed by atoms with Crippen molar-refractivity contribution in [2.45, 2.75) is 33.8 Å². The Balaban J connectivity index is 2.61. The molecule has 0 radical (unpaired) electrons. The largest absolute Gasteiger partial charge is 0.494 e. The van der Waals surface area contributed by atoms with Crippen LogP contribution in [0.15, 0.2) is 12.1 Å². The molecule has 114 valence electrons. The molecule has 0 aliphatic carbocycles. The summed E-state index contributed by atoms with van der Waals surface area (Å²) in [5.41, 5.74) is 3.21. The van der Waals surface area contributed by atoms with Gasteiger partial charge in [0.05, 0.1) is 19.4 Å². The van der Waals surface area contributed by atoms with Gasteiger partial charge in [0.2, 0.25) is 0 Å². The number of ether oxygens (including phenoxy) is 1. The lowest BCUT2D eigenvalue weighted by Crippen LogP contribution is -2.09. The lowest BCUT2D eigenvalue weighted by molar-refractivity contribution is 0.275. The Labute approximate surface area is 129 Å². The third-order valence-corrected chi connectivity index (χ3v) is 3.69. The molecule has 0 spiro atoms. The average molecular weight is 310 g/mol. The van der Waals surface area contributed by atoms with E-state index in [2.05, 4.69) is 24.2 Å². The van der Waals surface area contributed by atoms with Crippen LogP contribution in [0, 0.1) is 12.8 Å². The first kappa shape index (κ1) is 15.8. The van der Waals surface area contributed by atoms with Gasteiger partial charge in [-0.3, -0.25) is 0 Å². The van der Waals surface area contributed by atoms with Crippen LogP contribution in [0.2, 0.25) is 5.02 Å². The minimum atomic E-state index is -0.128. The van der Waals surface area contributed by atoms with E-state index in [4.69, 9.17) is 16.3 Å². The summed E-state index contributed by atoms with van der Waals surface area (Å²) < 4.78 is 7.13. The van der Waals surface area contributed by atoms with E-state index < -0.39 is 0 Å². The van der Waals surface area contributed by atoms with Crippen LogP contribution in [-0.2, 0) is 13.0 Å². The van der Waals surface area contributed by atoms with Crippen molar-refractivity contribution in [2.24, 2.45) is 5.92 Å². The second-order valence-corrected chi connectivity index (χ2v) is 5.83. The van der Waals surface area contributed by atoms with Gasteiger partial charge in [0.25, 0.3) is 0 Å². The van der Waals surface area contributed by atoms with Crippen LogP contribution in [0.25, 0.3) is 5.69 Å². The Bertz CT molecular complexity index is 638. The van der Waals surface area contributed by atoms with E-state index >= 15 is 0 Å². The Morgan fingerprint density at radius 3 is 2.67 bits per heavy atom. The van der Waals surface area contributed by atoms with Gasteiger partial charge in [-0.25, -0.2) is 4.68 Å². The molecule has 0 atom stereocenters. The molecule has 2 rings (SSSR count). The summed E-state index contributed by atoms with van der Waals surface area (Å²) >= 11 is 6.14. The number of aliphatic hydroxyl groups excluding tert-OH is 1. The molecular weight excluding hydrogens is 290 g/mol. The average Bonchev–Trinajstić information content (AvgIpc) is 2.83. The highest BCUT2D eigenvalue weighted by Crippen LogP contribution is 2.31. The normalized spacial score (nSPS) is 11.2. The predicted octanol–water partition coefficient (Wildman–Crippen LogP) is 2.93. The van der Waals surface area contributed by atoms with Gasteiger partial charge in [0, 0.05) is 11.1 Å². The van der Waals surface area contributed by atoms with E-state index in [0.717, 1.165) is 23.4 Å². The second kappa shape index (κ2) is 6.45. The zero-order valence-electron chi connectivity index (χ0n) is 12.7. The van der Waals surface area contributed by atoms with Crippen molar-refractivity contribution < 1.29 is 9.84 Å². The number of benzene rings is 1. The molecule has 1 heterocycles. The van der Waals surface area contributed by atoms with Crippen LogP contribution in [-0.4, -0.2) is 27.2 Å². The van der Waals surface area contributed by atoms with E-state index in [0.29, 0.717) is 22.4 Å². The van der Waals surface area contributed by atoms with Crippen LogP contribution in [0.4, 0.5) is 0 Å². The Hall–Kier alpha value is -1.59. The van der Waals surface area contributed by atoms with Crippen molar-refractivity contribution in [1.82, 2.24) is 15.0 Å². The SMILES string of the molecule is COc1cc(Cl)c(C)cc1-n1nnc(CO)c1CC(C)C. The molecule has 6 heteroatoms. The Morgan fingerprint density at radius 1 is 1.38 bits per heavy atom. The Kier molecular flexibility index (Phi) is 4.85. The molecule has 0 fully saturated rings. The van der Waals surface area contributed by atoms with Gasteiger partial charge < -0.3 is 9.84 Å². The third kappa shape index (κ3) is 3.19. The molecule has 1 aromatic carbocycles. The molecule has 0 bridgehead atoms. The monoisotopic (exact) mass is 309 g/mol. The summed E-state index contributed by atoms with van der Waals surface area (Å²) in [4.78, 5) is 0. The summed E-state index contributed by atoms with van der Waals surface area (Å²) in [7, 11) is 1.59. The van der Waals surface area contributed by atoms with Crippen molar-refractivity contribution in [3.8, 4) is 11.4 Å². The van der Waals surface area contributed by atoms with Crippen molar-refractivity contribution >= 4 is 11.6 Å². The van der Waals surface area contributed by atoms with E-state index in [1.807, 2.05) is 13.0 Å². The van der Waals surface area contributed by atoms with E-state index in [-0.39, 0.29) is 6.61 Å². The van der Waals surface area contributed by atoms with Gasteiger partial charge in [-0.15, -0.1) is 5.10 Å². The molecule has 1 N–H and O–H groups in total. The first-order valence-electron chi connectivity index (χ1n) is 6.86. The minimum Gasteiger partial charge on any atom is -0.494 e. The van der Waals surface area contributed by atoms with Crippen molar-refractivity contribution in [3.63, 3.8) is 0 Å². The molecular formula is C15H20ClN3O2. The molecule has 0 saturated heterocycles. The standard InChI is InChI=1S/C15H20ClN3O2/c1-9(2)5-13-12(8-20)17-18-19(13)14-6-10(3)11(16)7-15(14)21-4/h6-7,9,20H,5,8H2,1-4H3. The highest BCUT2D eigenvalue weighted by molar-refractivity contribution is 6.31. The molecule has 0 aliphatic rings. The number of rotatable bonds is 5.